The summed E-state index contributed by atoms with van der Waals surface area (Å²) in [6, 6.07) is 13.5. The van der Waals surface area contributed by atoms with Crippen LogP contribution in [0.25, 0.3) is 0 Å². The van der Waals surface area contributed by atoms with Gasteiger partial charge in [0.25, 0.3) is 0 Å². The van der Waals surface area contributed by atoms with Crippen molar-refractivity contribution in [3.8, 4) is 5.75 Å². The lowest BCUT2D eigenvalue weighted by molar-refractivity contribution is -0.121. The molecular weight excluding hydrogens is 340 g/mol. The third-order valence-electron chi connectivity index (χ3n) is 4.92. The molecule has 0 radical (unpaired) electrons. The largest absolute Gasteiger partial charge is 0.496 e. The number of benzene rings is 2. The number of nitrogens with zero attached hydrogens (tertiary/aromatic N) is 1. The van der Waals surface area contributed by atoms with E-state index in [0.717, 1.165) is 41.1 Å². The molecule has 142 valence electrons. The molecule has 0 saturated carbocycles. The molecule has 27 heavy (non-hydrogen) atoms. The van der Waals surface area contributed by atoms with Crippen LogP contribution in [0, 0.1) is 6.92 Å². The van der Waals surface area contributed by atoms with Gasteiger partial charge in [0.05, 0.1) is 19.6 Å². The first kappa shape index (κ1) is 19.0. The van der Waals surface area contributed by atoms with Crippen LogP contribution in [-0.2, 0) is 16.0 Å². The van der Waals surface area contributed by atoms with Gasteiger partial charge >= 0.3 is 0 Å². The van der Waals surface area contributed by atoms with E-state index in [1.165, 1.54) is 0 Å². The maximum atomic E-state index is 12.5. The third kappa shape index (κ3) is 4.48. The lowest BCUT2D eigenvalue weighted by atomic mass is 10.0. The van der Waals surface area contributed by atoms with E-state index < -0.39 is 0 Å². The van der Waals surface area contributed by atoms with Crippen LogP contribution in [0.1, 0.15) is 42.5 Å². The van der Waals surface area contributed by atoms with Gasteiger partial charge in [-0.2, -0.15) is 0 Å². The van der Waals surface area contributed by atoms with Crippen molar-refractivity contribution in [1.82, 2.24) is 5.32 Å². The van der Waals surface area contributed by atoms with Gasteiger partial charge in [-0.1, -0.05) is 29.8 Å². The highest BCUT2D eigenvalue weighted by Crippen LogP contribution is 2.26. The third-order valence-corrected chi connectivity index (χ3v) is 4.92. The van der Waals surface area contributed by atoms with E-state index in [9.17, 15) is 9.59 Å². The Balaban J connectivity index is 1.62. The number of hydrogen-bond donors (Lipinski definition) is 1. The number of aryl methyl sites for hydroxylation is 1. The molecule has 1 heterocycles. The van der Waals surface area contributed by atoms with Crippen LogP contribution < -0.4 is 15.0 Å². The van der Waals surface area contributed by atoms with E-state index in [4.69, 9.17) is 4.74 Å². The van der Waals surface area contributed by atoms with Crippen molar-refractivity contribution in [2.45, 2.75) is 39.2 Å². The zero-order valence-electron chi connectivity index (χ0n) is 16.1. The van der Waals surface area contributed by atoms with E-state index in [-0.39, 0.29) is 17.9 Å². The zero-order chi connectivity index (χ0) is 19.4. The summed E-state index contributed by atoms with van der Waals surface area (Å²) >= 11 is 0. The molecule has 3 rings (SSSR count). The monoisotopic (exact) mass is 366 g/mol. The minimum absolute atomic E-state index is 0.0453. The number of carbonyl (C=O) groups is 2. The Morgan fingerprint density at radius 3 is 2.59 bits per heavy atom. The summed E-state index contributed by atoms with van der Waals surface area (Å²) in [5.74, 6) is 0.894. The molecule has 0 bridgehead atoms. The Labute approximate surface area is 160 Å². The maximum Gasteiger partial charge on any atom is 0.227 e. The van der Waals surface area contributed by atoms with Gasteiger partial charge in [0.1, 0.15) is 5.75 Å². The summed E-state index contributed by atoms with van der Waals surface area (Å²) in [7, 11) is 1.63. The van der Waals surface area contributed by atoms with Gasteiger partial charge in [0.15, 0.2) is 0 Å². The summed E-state index contributed by atoms with van der Waals surface area (Å²) in [6.07, 6.45) is 1.82. The van der Waals surface area contributed by atoms with Gasteiger partial charge in [-0.25, -0.2) is 0 Å². The molecule has 1 fully saturated rings. The number of amides is 2. The summed E-state index contributed by atoms with van der Waals surface area (Å²) in [5, 5.41) is 3.04. The van der Waals surface area contributed by atoms with Gasteiger partial charge in [-0.3, -0.25) is 9.59 Å². The fraction of sp³-hybridized carbons (Fsp3) is 0.364. The molecular formula is C22H26N2O3. The number of anilines is 1. The van der Waals surface area contributed by atoms with E-state index in [0.29, 0.717) is 12.8 Å². The van der Waals surface area contributed by atoms with Gasteiger partial charge in [-0.15, -0.1) is 0 Å². The molecule has 0 spiro atoms. The number of hydrogen-bond acceptors (Lipinski definition) is 3. The first-order chi connectivity index (χ1) is 13.0. The fourth-order valence-corrected chi connectivity index (χ4v) is 3.46. The quantitative estimate of drug-likeness (QED) is 0.851. The molecule has 1 saturated heterocycles. The number of methoxy groups -OCH3 is 1. The van der Waals surface area contributed by atoms with E-state index in [1.807, 2.05) is 56.3 Å². The highest BCUT2D eigenvalue weighted by Gasteiger charge is 2.21. The maximum absolute atomic E-state index is 12.5. The Hall–Kier alpha value is -2.82. The van der Waals surface area contributed by atoms with Gasteiger partial charge < -0.3 is 15.0 Å². The Morgan fingerprint density at radius 1 is 1.22 bits per heavy atom. The van der Waals surface area contributed by atoms with Gasteiger partial charge in [0, 0.05) is 24.2 Å². The van der Waals surface area contributed by atoms with E-state index in [2.05, 4.69) is 5.32 Å². The Morgan fingerprint density at radius 2 is 1.96 bits per heavy atom. The van der Waals surface area contributed by atoms with Crippen LogP contribution >= 0.6 is 0 Å². The van der Waals surface area contributed by atoms with Crippen LogP contribution in [0.3, 0.4) is 0 Å². The lowest BCUT2D eigenvalue weighted by Gasteiger charge is -2.18. The first-order valence-electron chi connectivity index (χ1n) is 9.31. The van der Waals surface area contributed by atoms with E-state index in [1.54, 1.807) is 12.0 Å². The zero-order valence-corrected chi connectivity index (χ0v) is 16.1. The second kappa shape index (κ2) is 8.25. The van der Waals surface area contributed by atoms with Crippen LogP contribution in [0.4, 0.5) is 5.69 Å². The van der Waals surface area contributed by atoms with Crippen molar-refractivity contribution >= 4 is 17.5 Å². The summed E-state index contributed by atoms with van der Waals surface area (Å²) in [5.41, 5.74) is 3.92. The predicted molar refractivity (Wildman–Crippen MR) is 106 cm³/mol. The van der Waals surface area contributed by atoms with Crippen molar-refractivity contribution in [1.29, 1.82) is 0 Å². The molecule has 1 N–H and O–H groups in total. The Bertz CT molecular complexity index is 830. The van der Waals surface area contributed by atoms with Crippen LogP contribution in [0.15, 0.2) is 42.5 Å². The SMILES string of the molecule is COc1ccc(C)cc1[C@H](C)NC(=O)Cc1ccc(N2CCCC2=O)cc1. The van der Waals surface area contributed by atoms with Crippen LogP contribution in [0.5, 0.6) is 5.75 Å². The molecule has 5 nitrogen and oxygen atoms in total. The molecule has 1 aliphatic heterocycles. The second-order valence-electron chi connectivity index (χ2n) is 7.03. The molecule has 1 aliphatic rings. The fourth-order valence-electron chi connectivity index (χ4n) is 3.46. The minimum Gasteiger partial charge on any atom is -0.496 e. The molecule has 0 unspecified atom stereocenters. The standard InChI is InChI=1S/C22H26N2O3/c1-15-6-11-20(27-3)19(13-15)16(2)23-21(25)14-17-7-9-18(10-8-17)24-12-4-5-22(24)26/h6-11,13,16H,4-5,12,14H2,1-3H3,(H,23,25)/t16-/m0/s1. The van der Waals surface area contributed by atoms with Crippen molar-refractivity contribution in [2.24, 2.45) is 0 Å². The Kier molecular flexibility index (Phi) is 5.79. The average molecular weight is 366 g/mol. The second-order valence-corrected chi connectivity index (χ2v) is 7.03. The van der Waals surface area contributed by atoms with Crippen LogP contribution in [-0.4, -0.2) is 25.5 Å². The smallest absolute Gasteiger partial charge is 0.227 e. The molecule has 2 aromatic carbocycles. The van der Waals surface area contributed by atoms with Gasteiger partial charge in [0.2, 0.25) is 11.8 Å². The molecule has 2 aromatic rings. The van der Waals surface area contributed by atoms with Crippen molar-refractivity contribution in [2.75, 3.05) is 18.6 Å². The summed E-state index contributed by atoms with van der Waals surface area (Å²) in [6.45, 7) is 4.75. The van der Waals surface area contributed by atoms with Crippen LogP contribution in [0.2, 0.25) is 0 Å². The summed E-state index contributed by atoms with van der Waals surface area (Å²) < 4.78 is 5.41. The molecule has 0 aliphatic carbocycles. The molecule has 5 heteroatoms. The predicted octanol–water partition coefficient (Wildman–Crippen LogP) is 3.55. The molecule has 1 atom stereocenters. The molecule has 2 amide bonds. The van der Waals surface area contributed by atoms with Crippen molar-refractivity contribution in [3.63, 3.8) is 0 Å². The average Bonchev–Trinajstić information content (AvgIpc) is 3.08. The normalized spacial score (nSPS) is 14.9. The van der Waals surface area contributed by atoms with Gasteiger partial charge in [-0.05, 0) is 44.0 Å². The highest BCUT2D eigenvalue weighted by atomic mass is 16.5. The number of carbonyl (C=O) groups excluding carboxylic acids is 2. The minimum atomic E-state index is -0.145. The highest BCUT2D eigenvalue weighted by molar-refractivity contribution is 5.95. The summed E-state index contributed by atoms with van der Waals surface area (Å²) in [4.78, 5) is 26.1. The van der Waals surface area contributed by atoms with Crippen molar-refractivity contribution < 1.29 is 14.3 Å². The number of rotatable bonds is 6. The number of ether oxygens (including phenoxy) is 1. The lowest BCUT2D eigenvalue weighted by Crippen LogP contribution is -2.28. The first-order valence-corrected chi connectivity index (χ1v) is 9.31. The van der Waals surface area contributed by atoms with Crippen molar-refractivity contribution in [3.05, 3.63) is 59.2 Å². The topological polar surface area (TPSA) is 58.6 Å². The molecule has 0 aromatic heterocycles. The number of nitrogens with one attached hydrogen (secondary N) is 1. The van der Waals surface area contributed by atoms with E-state index >= 15 is 0 Å².